The van der Waals surface area contributed by atoms with E-state index in [2.05, 4.69) is 37.4 Å². The van der Waals surface area contributed by atoms with Crippen molar-refractivity contribution in [2.75, 3.05) is 7.11 Å². The van der Waals surface area contributed by atoms with Gasteiger partial charge in [-0.05, 0) is 68.7 Å². The van der Waals surface area contributed by atoms with Crippen molar-refractivity contribution in [2.24, 2.45) is 10.1 Å². The second-order valence-corrected chi connectivity index (χ2v) is 7.75. The Morgan fingerprint density at radius 1 is 1.11 bits per heavy atom. The van der Waals surface area contributed by atoms with E-state index in [0.29, 0.717) is 5.75 Å². The lowest BCUT2D eigenvalue weighted by atomic mass is 10.1. The smallest absolute Gasteiger partial charge is 0.206 e. The van der Waals surface area contributed by atoms with Gasteiger partial charge in [0.15, 0.2) is 11.5 Å². The van der Waals surface area contributed by atoms with E-state index in [1.165, 1.54) is 18.2 Å². The highest BCUT2D eigenvalue weighted by Gasteiger charge is 2.09. The molecule has 3 aromatic rings. The Bertz CT molecular complexity index is 1080. The zero-order valence-electron chi connectivity index (χ0n) is 16.8. The molecule has 0 atom stereocenters. The SMILES string of the molecule is COc1cc(C=Nn2c(-c3ccc(C)c(C)c3)csc2=NC(C)C)ccc1O. The van der Waals surface area contributed by atoms with Crippen LogP contribution >= 0.6 is 11.3 Å². The number of nitrogens with zero attached hydrogens (tertiary/aromatic N) is 3. The molecule has 6 heteroatoms. The molecular weight excluding hydrogens is 370 g/mol. The number of rotatable bonds is 5. The van der Waals surface area contributed by atoms with Crippen LogP contribution in [0, 0.1) is 13.8 Å². The Hall–Kier alpha value is -2.86. The zero-order chi connectivity index (χ0) is 20.3. The van der Waals surface area contributed by atoms with Gasteiger partial charge in [-0.2, -0.15) is 5.10 Å². The van der Waals surface area contributed by atoms with E-state index in [1.807, 2.05) is 18.5 Å². The van der Waals surface area contributed by atoms with E-state index in [0.717, 1.165) is 21.6 Å². The van der Waals surface area contributed by atoms with Gasteiger partial charge < -0.3 is 9.84 Å². The molecule has 146 valence electrons. The summed E-state index contributed by atoms with van der Waals surface area (Å²) in [5.74, 6) is 0.523. The van der Waals surface area contributed by atoms with Crippen molar-refractivity contribution in [1.82, 2.24) is 4.68 Å². The Balaban J connectivity index is 2.10. The lowest BCUT2D eigenvalue weighted by Crippen LogP contribution is -2.14. The van der Waals surface area contributed by atoms with Crippen molar-refractivity contribution in [3.05, 3.63) is 63.3 Å². The normalized spacial score (nSPS) is 12.3. The maximum atomic E-state index is 9.78. The first-order valence-electron chi connectivity index (χ1n) is 9.12. The Labute approximate surface area is 169 Å². The molecule has 0 unspecified atom stereocenters. The van der Waals surface area contributed by atoms with Gasteiger partial charge in [-0.25, -0.2) is 4.68 Å². The van der Waals surface area contributed by atoms with E-state index in [9.17, 15) is 5.11 Å². The molecule has 0 fully saturated rings. The molecule has 2 aromatic carbocycles. The van der Waals surface area contributed by atoms with Crippen LogP contribution in [-0.2, 0) is 0 Å². The van der Waals surface area contributed by atoms with Crippen molar-refractivity contribution in [3.63, 3.8) is 0 Å². The number of phenolic OH excluding ortho intramolecular Hbond substituents is 1. The Kier molecular flexibility index (Phi) is 5.99. The van der Waals surface area contributed by atoms with Gasteiger partial charge in [-0.1, -0.05) is 12.1 Å². The van der Waals surface area contributed by atoms with E-state index in [-0.39, 0.29) is 11.8 Å². The van der Waals surface area contributed by atoms with E-state index < -0.39 is 0 Å². The number of hydrogen-bond donors (Lipinski definition) is 1. The van der Waals surface area contributed by atoms with Crippen LogP contribution in [0.3, 0.4) is 0 Å². The predicted molar refractivity (Wildman–Crippen MR) is 116 cm³/mol. The molecular formula is C22H25N3O2S. The van der Waals surface area contributed by atoms with E-state index >= 15 is 0 Å². The number of aromatic hydroxyl groups is 1. The summed E-state index contributed by atoms with van der Waals surface area (Å²) in [6, 6.07) is 11.7. The highest BCUT2D eigenvalue weighted by molar-refractivity contribution is 7.07. The van der Waals surface area contributed by atoms with Crippen molar-refractivity contribution < 1.29 is 9.84 Å². The fourth-order valence-electron chi connectivity index (χ4n) is 2.72. The van der Waals surface area contributed by atoms with Crippen molar-refractivity contribution in [2.45, 2.75) is 33.7 Å². The average Bonchev–Trinajstić information content (AvgIpc) is 3.05. The molecule has 28 heavy (non-hydrogen) atoms. The molecule has 5 nitrogen and oxygen atoms in total. The van der Waals surface area contributed by atoms with Gasteiger partial charge >= 0.3 is 0 Å². The number of aryl methyl sites for hydroxylation is 2. The van der Waals surface area contributed by atoms with E-state index in [1.54, 1.807) is 35.8 Å². The summed E-state index contributed by atoms with van der Waals surface area (Å²) in [5.41, 5.74) is 5.43. The molecule has 1 N–H and O–H groups in total. The molecule has 0 saturated carbocycles. The molecule has 0 spiro atoms. The number of thiazole rings is 1. The minimum atomic E-state index is 0.106. The standard InChI is InChI=1S/C22H25N3O2S/c1-14(2)24-22-25(23-12-17-7-9-20(26)21(11-17)27-5)19(13-28-22)18-8-6-15(3)16(4)10-18/h6-14,26H,1-5H3. The number of hydrogen-bond acceptors (Lipinski definition) is 5. The fourth-order valence-corrected chi connectivity index (χ4v) is 3.69. The van der Waals surface area contributed by atoms with E-state index in [4.69, 9.17) is 14.8 Å². The maximum Gasteiger partial charge on any atom is 0.206 e. The van der Waals surface area contributed by atoms with Crippen LogP contribution < -0.4 is 9.54 Å². The number of ether oxygens (including phenoxy) is 1. The summed E-state index contributed by atoms with van der Waals surface area (Å²) in [5, 5.41) is 16.6. The summed E-state index contributed by atoms with van der Waals surface area (Å²) in [4.78, 5) is 5.55. The molecule has 0 aliphatic heterocycles. The molecule has 0 amide bonds. The number of aromatic nitrogens is 1. The number of benzene rings is 2. The summed E-state index contributed by atoms with van der Waals surface area (Å²) in [7, 11) is 1.53. The number of methoxy groups -OCH3 is 1. The molecule has 1 heterocycles. The summed E-state index contributed by atoms with van der Waals surface area (Å²) in [6.45, 7) is 8.32. The summed E-state index contributed by atoms with van der Waals surface area (Å²) < 4.78 is 7.05. The molecule has 0 saturated heterocycles. The molecule has 0 aliphatic rings. The predicted octanol–water partition coefficient (Wildman–Crippen LogP) is 4.74. The van der Waals surface area contributed by atoms with Crippen LogP contribution in [0.2, 0.25) is 0 Å². The highest BCUT2D eigenvalue weighted by Crippen LogP contribution is 2.26. The average molecular weight is 396 g/mol. The van der Waals surface area contributed by atoms with Gasteiger partial charge in [0, 0.05) is 17.0 Å². The van der Waals surface area contributed by atoms with Crippen LogP contribution in [0.15, 0.2) is 51.9 Å². The molecule has 0 radical (unpaired) electrons. The third-order valence-corrected chi connectivity index (χ3v) is 5.21. The molecule has 0 aliphatic carbocycles. The zero-order valence-corrected chi connectivity index (χ0v) is 17.6. The first-order chi connectivity index (χ1) is 13.4. The van der Waals surface area contributed by atoms with Gasteiger partial charge in [0.1, 0.15) is 0 Å². The van der Waals surface area contributed by atoms with Crippen LogP contribution in [0.1, 0.15) is 30.5 Å². The first-order valence-corrected chi connectivity index (χ1v) is 10.0. The van der Waals surface area contributed by atoms with Crippen LogP contribution in [0.25, 0.3) is 11.3 Å². The second kappa shape index (κ2) is 8.44. The van der Waals surface area contributed by atoms with Crippen molar-refractivity contribution in [3.8, 4) is 22.8 Å². The highest BCUT2D eigenvalue weighted by atomic mass is 32.1. The molecule has 0 bridgehead atoms. The minimum Gasteiger partial charge on any atom is -0.504 e. The Morgan fingerprint density at radius 3 is 2.57 bits per heavy atom. The van der Waals surface area contributed by atoms with Gasteiger partial charge in [0.2, 0.25) is 4.80 Å². The first kappa shape index (κ1) is 19.9. The monoisotopic (exact) mass is 395 g/mol. The van der Waals surface area contributed by atoms with Crippen molar-refractivity contribution >= 4 is 17.6 Å². The minimum absolute atomic E-state index is 0.106. The fraction of sp³-hybridized carbons (Fsp3) is 0.273. The lowest BCUT2D eigenvalue weighted by Gasteiger charge is -2.07. The van der Waals surface area contributed by atoms with Gasteiger partial charge in [0.25, 0.3) is 0 Å². The largest absolute Gasteiger partial charge is 0.504 e. The molecule has 3 rings (SSSR count). The third-order valence-electron chi connectivity index (χ3n) is 4.38. The summed E-state index contributed by atoms with van der Waals surface area (Å²) >= 11 is 1.57. The Morgan fingerprint density at radius 2 is 1.89 bits per heavy atom. The van der Waals surface area contributed by atoms with Crippen LogP contribution in [0.5, 0.6) is 11.5 Å². The van der Waals surface area contributed by atoms with Gasteiger partial charge in [0.05, 0.1) is 19.0 Å². The van der Waals surface area contributed by atoms with Crippen LogP contribution in [-0.4, -0.2) is 29.1 Å². The number of phenols is 1. The van der Waals surface area contributed by atoms with Gasteiger partial charge in [-0.3, -0.25) is 4.99 Å². The quantitative estimate of drug-likeness (QED) is 0.635. The van der Waals surface area contributed by atoms with Gasteiger partial charge in [-0.15, -0.1) is 11.3 Å². The third kappa shape index (κ3) is 4.34. The van der Waals surface area contributed by atoms with Crippen LogP contribution in [0.4, 0.5) is 0 Å². The lowest BCUT2D eigenvalue weighted by molar-refractivity contribution is 0.373. The maximum absolute atomic E-state index is 9.78. The molecule has 1 aromatic heterocycles. The van der Waals surface area contributed by atoms with Crippen molar-refractivity contribution in [1.29, 1.82) is 0 Å². The summed E-state index contributed by atoms with van der Waals surface area (Å²) in [6.07, 6.45) is 1.75. The topological polar surface area (TPSA) is 59.1 Å². The second-order valence-electron chi connectivity index (χ2n) is 6.91.